The van der Waals surface area contributed by atoms with Crippen LogP contribution in [0.5, 0.6) is 0 Å². The van der Waals surface area contributed by atoms with Crippen LogP contribution in [-0.4, -0.2) is 102 Å². The van der Waals surface area contributed by atoms with E-state index in [2.05, 4.69) is 118 Å². The summed E-state index contributed by atoms with van der Waals surface area (Å²) in [6.45, 7) is 52.3. The molecule has 4 unspecified atom stereocenters. The quantitative estimate of drug-likeness (QED) is 0.113. The lowest BCUT2D eigenvalue weighted by Gasteiger charge is -2.20. The van der Waals surface area contributed by atoms with E-state index >= 15 is 0 Å². The summed E-state index contributed by atoms with van der Waals surface area (Å²) in [5.41, 5.74) is 0.0417. The van der Waals surface area contributed by atoms with Crippen LogP contribution in [0.2, 0.25) is 0 Å². The van der Waals surface area contributed by atoms with Crippen LogP contribution in [0.4, 0.5) is 0 Å². The highest BCUT2D eigenvalue weighted by molar-refractivity contribution is 4.66. The molecule has 2 fully saturated rings. The molecule has 0 spiro atoms. The second kappa shape index (κ2) is 56.8. The first kappa shape index (κ1) is 73.3. The average Bonchev–Trinajstić information content (AvgIpc) is 3.76. The van der Waals surface area contributed by atoms with Gasteiger partial charge in [-0.05, 0) is 160 Å². The summed E-state index contributed by atoms with van der Waals surface area (Å²) in [7, 11) is 1.71. The van der Waals surface area contributed by atoms with Crippen molar-refractivity contribution in [2.75, 3.05) is 53.4 Å². The molecule has 0 bridgehead atoms. The minimum absolute atomic E-state index is 0.0417. The van der Waals surface area contributed by atoms with Crippen molar-refractivity contribution in [1.29, 1.82) is 0 Å². The molecule has 0 aromatic rings. The lowest BCUT2D eigenvalue weighted by Crippen LogP contribution is -2.15. The molecular weight excluding hydrogens is 777 g/mol. The normalized spacial score (nSPS) is 15.8. The van der Waals surface area contributed by atoms with Gasteiger partial charge >= 0.3 is 0 Å². The van der Waals surface area contributed by atoms with Crippen LogP contribution in [0.3, 0.4) is 0 Å². The van der Waals surface area contributed by atoms with Crippen LogP contribution >= 0.6 is 0 Å². The Bertz CT molecular complexity index is 738. The molecule has 0 aromatic carbocycles. The van der Waals surface area contributed by atoms with E-state index in [1.54, 1.807) is 7.11 Å². The van der Waals surface area contributed by atoms with Gasteiger partial charge in [0.05, 0.1) is 48.3 Å². The second-order valence-corrected chi connectivity index (χ2v) is 18.3. The van der Waals surface area contributed by atoms with E-state index < -0.39 is 0 Å². The third-order valence-corrected chi connectivity index (χ3v) is 10.0. The standard InChI is InChI=1S/C8H16O.C8H18O.C7H14O.2C7H16O.2C6H14O.C5H12O/c1-2-9-8-6-4-3-5-7-8;1-5-6-9-8(4)7(2)3;1-2-8-7-5-3-4-6-7;1-5-8-7(4)6(2)3;1-4-6-8-7(3)5-2;1-4-5-7-6(2)3;1-4-6(3)7-5-2;1-5(2,3)6-4/h8H,2-7H2,1H3;7-8H,5-6H2,1-4H3;7H,2-6H2,1H3;6-7H,5H2,1-4H3;7H,4-6H2,1-3H3;2*6H,4-5H2,1-3H3;1-4H3. The molecule has 0 N–H and O–H groups in total. The van der Waals surface area contributed by atoms with Crippen LogP contribution in [0.1, 0.15) is 242 Å². The Balaban J connectivity index is -0.000000145. The summed E-state index contributed by atoms with van der Waals surface area (Å²) in [6, 6.07) is 0. The second-order valence-electron chi connectivity index (χ2n) is 18.3. The highest BCUT2D eigenvalue weighted by atomic mass is 16.5. The van der Waals surface area contributed by atoms with Crippen molar-refractivity contribution in [3.8, 4) is 0 Å². The van der Waals surface area contributed by atoms with Crippen LogP contribution in [0, 0.1) is 11.8 Å². The Morgan fingerprint density at radius 2 is 0.742 bits per heavy atom. The van der Waals surface area contributed by atoms with E-state index in [9.17, 15) is 0 Å². The molecule has 2 aliphatic rings. The SMILES string of the molecule is CCCOC(C)C.CCCOC(C)C(C)C.CCCOC(C)CC.CCOC(C)C(C)C.CCOC(C)CC.CCOC1CCCC1.CCOC1CCCCC1.COC(C)(C)C. The van der Waals surface area contributed by atoms with Gasteiger partial charge in [-0.3, -0.25) is 0 Å². The van der Waals surface area contributed by atoms with Gasteiger partial charge in [-0.25, -0.2) is 0 Å². The summed E-state index contributed by atoms with van der Waals surface area (Å²) in [5, 5.41) is 0. The first-order valence-corrected chi connectivity index (χ1v) is 26.0. The molecule has 384 valence electrons. The fraction of sp³-hybridized carbons (Fsp3) is 1.00. The van der Waals surface area contributed by atoms with Gasteiger partial charge in [-0.2, -0.15) is 0 Å². The number of methoxy groups -OCH3 is 1. The van der Waals surface area contributed by atoms with E-state index in [4.69, 9.17) is 37.9 Å². The van der Waals surface area contributed by atoms with Crippen LogP contribution in [0.15, 0.2) is 0 Å². The summed E-state index contributed by atoms with van der Waals surface area (Å²) in [5.74, 6) is 1.30. The molecule has 8 heteroatoms. The molecule has 0 aliphatic heterocycles. The lowest BCUT2D eigenvalue weighted by molar-refractivity contribution is 0.0359. The molecule has 2 rings (SSSR count). The van der Waals surface area contributed by atoms with Crippen LogP contribution < -0.4 is 0 Å². The van der Waals surface area contributed by atoms with E-state index in [-0.39, 0.29) is 5.60 Å². The number of ether oxygens (including phenoxy) is 8. The fourth-order valence-electron chi connectivity index (χ4n) is 4.90. The van der Waals surface area contributed by atoms with E-state index in [1.165, 1.54) is 57.8 Å². The summed E-state index contributed by atoms with van der Waals surface area (Å²) in [6.07, 6.45) is 21.1. The lowest BCUT2D eigenvalue weighted by atomic mass is 9.98. The maximum atomic E-state index is 5.48. The van der Waals surface area contributed by atoms with Gasteiger partial charge in [0.1, 0.15) is 0 Å². The van der Waals surface area contributed by atoms with Crippen molar-refractivity contribution >= 4 is 0 Å². The van der Waals surface area contributed by atoms with Crippen molar-refractivity contribution < 1.29 is 37.9 Å². The number of hydrogen-bond acceptors (Lipinski definition) is 8. The summed E-state index contributed by atoms with van der Waals surface area (Å²) < 4.78 is 42.3. The van der Waals surface area contributed by atoms with Gasteiger partial charge in [0.25, 0.3) is 0 Å². The van der Waals surface area contributed by atoms with Crippen molar-refractivity contribution in [2.24, 2.45) is 11.8 Å². The first-order chi connectivity index (χ1) is 29.2. The van der Waals surface area contributed by atoms with Gasteiger partial charge in [0.2, 0.25) is 0 Å². The molecule has 0 amide bonds. The zero-order valence-electron chi connectivity index (χ0n) is 46.8. The minimum atomic E-state index is 0.0417. The highest BCUT2D eigenvalue weighted by Gasteiger charge is 2.14. The molecular formula is C54H120O8. The topological polar surface area (TPSA) is 73.8 Å². The average molecular weight is 898 g/mol. The van der Waals surface area contributed by atoms with Gasteiger partial charge in [-0.15, -0.1) is 0 Å². The summed E-state index contributed by atoms with van der Waals surface area (Å²) in [4.78, 5) is 0. The molecule has 0 aromatic heterocycles. The molecule has 0 heterocycles. The molecule has 2 saturated carbocycles. The molecule has 8 nitrogen and oxygen atoms in total. The van der Waals surface area contributed by atoms with Crippen molar-refractivity contribution in [3.63, 3.8) is 0 Å². The Hall–Kier alpha value is -0.320. The van der Waals surface area contributed by atoms with Crippen molar-refractivity contribution in [2.45, 2.75) is 291 Å². The molecule has 0 radical (unpaired) electrons. The van der Waals surface area contributed by atoms with Gasteiger partial charge in [0.15, 0.2) is 0 Å². The van der Waals surface area contributed by atoms with Gasteiger partial charge in [-0.1, -0.05) is 94.4 Å². The Labute approximate surface area is 392 Å². The third-order valence-electron chi connectivity index (χ3n) is 10.0. The number of rotatable bonds is 21. The Kier molecular flexibility index (Phi) is 67.1. The van der Waals surface area contributed by atoms with Crippen LogP contribution in [0.25, 0.3) is 0 Å². The van der Waals surface area contributed by atoms with Gasteiger partial charge in [0, 0.05) is 53.4 Å². The monoisotopic (exact) mass is 897 g/mol. The van der Waals surface area contributed by atoms with Crippen molar-refractivity contribution in [1.82, 2.24) is 0 Å². The Morgan fingerprint density at radius 3 is 0.984 bits per heavy atom. The van der Waals surface area contributed by atoms with Crippen molar-refractivity contribution in [3.05, 3.63) is 0 Å². The maximum Gasteiger partial charge on any atom is 0.0594 e. The first-order valence-electron chi connectivity index (χ1n) is 26.0. The predicted molar refractivity (Wildman–Crippen MR) is 274 cm³/mol. The molecule has 4 atom stereocenters. The zero-order valence-corrected chi connectivity index (χ0v) is 46.8. The molecule has 0 saturated heterocycles. The smallest absolute Gasteiger partial charge is 0.0594 e. The third kappa shape index (κ3) is 71.3. The van der Waals surface area contributed by atoms with E-state index in [1.807, 2.05) is 34.6 Å². The van der Waals surface area contributed by atoms with E-state index in [0.717, 1.165) is 78.4 Å². The Morgan fingerprint density at radius 1 is 0.419 bits per heavy atom. The highest BCUT2D eigenvalue weighted by Crippen LogP contribution is 2.21. The predicted octanol–water partition coefficient (Wildman–Crippen LogP) is 16.1. The van der Waals surface area contributed by atoms with Crippen LogP contribution in [-0.2, 0) is 37.9 Å². The van der Waals surface area contributed by atoms with Gasteiger partial charge < -0.3 is 37.9 Å². The maximum absolute atomic E-state index is 5.48. The minimum Gasteiger partial charge on any atom is -0.379 e. The molecule has 2 aliphatic carbocycles. The largest absolute Gasteiger partial charge is 0.379 e. The fourth-order valence-corrected chi connectivity index (χ4v) is 4.90. The zero-order chi connectivity index (χ0) is 49.2. The number of hydrogen-bond donors (Lipinski definition) is 0. The summed E-state index contributed by atoms with van der Waals surface area (Å²) >= 11 is 0. The van der Waals surface area contributed by atoms with E-state index in [0.29, 0.717) is 54.6 Å². The molecule has 62 heavy (non-hydrogen) atoms.